The normalized spacial score (nSPS) is 10.9. The second-order valence-electron chi connectivity index (χ2n) is 3.67. The largest absolute Gasteiger partial charge is 0.350 e. The zero-order chi connectivity index (χ0) is 10.8. The van der Waals surface area contributed by atoms with Crippen LogP contribution >= 0.6 is 0 Å². The lowest BCUT2D eigenvalue weighted by Crippen LogP contribution is -2.29. The fourth-order valence-electron chi connectivity index (χ4n) is 1.33. The summed E-state index contributed by atoms with van der Waals surface area (Å²) in [6.07, 6.45) is 0. The van der Waals surface area contributed by atoms with E-state index in [9.17, 15) is 4.79 Å². The monoisotopic (exact) mass is 204 g/mol. The highest BCUT2D eigenvalue weighted by Crippen LogP contribution is 2.10. The van der Waals surface area contributed by atoms with Gasteiger partial charge in [0.25, 0.3) is 5.91 Å². The third-order valence-electron chi connectivity index (χ3n) is 2.01. The number of nitrogens with zero attached hydrogens (tertiary/aromatic N) is 2. The zero-order valence-corrected chi connectivity index (χ0v) is 8.61. The van der Waals surface area contributed by atoms with Gasteiger partial charge in [-0.1, -0.05) is 5.21 Å². The Balaban J connectivity index is 2.31. The third kappa shape index (κ3) is 1.96. The van der Waals surface area contributed by atoms with E-state index in [2.05, 4.69) is 20.7 Å². The minimum atomic E-state index is -0.0881. The van der Waals surface area contributed by atoms with Gasteiger partial charge in [0.15, 0.2) is 0 Å². The van der Waals surface area contributed by atoms with Crippen molar-refractivity contribution in [2.75, 3.05) is 0 Å². The molecule has 0 fully saturated rings. The Bertz CT molecular complexity index is 489. The van der Waals surface area contributed by atoms with Gasteiger partial charge < -0.3 is 5.32 Å². The van der Waals surface area contributed by atoms with Crippen molar-refractivity contribution < 1.29 is 4.79 Å². The van der Waals surface area contributed by atoms with Gasteiger partial charge in [0.2, 0.25) is 0 Å². The number of aromatic nitrogens is 3. The molecule has 0 aliphatic carbocycles. The van der Waals surface area contributed by atoms with E-state index in [4.69, 9.17) is 0 Å². The summed E-state index contributed by atoms with van der Waals surface area (Å²) in [5.74, 6) is -0.0881. The number of rotatable bonds is 2. The van der Waals surface area contributed by atoms with Gasteiger partial charge in [-0.15, -0.1) is 5.10 Å². The average molecular weight is 204 g/mol. The van der Waals surface area contributed by atoms with E-state index in [0.717, 1.165) is 5.52 Å². The number of amides is 1. The lowest BCUT2D eigenvalue weighted by Gasteiger charge is -2.07. The minimum Gasteiger partial charge on any atom is -0.350 e. The Kier molecular flexibility index (Phi) is 2.37. The van der Waals surface area contributed by atoms with Crippen molar-refractivity contribution in [3.8, 4) is 0 Å². The maximum atomic E-state index is 11.7. The van der Waals surface area contributed by atoms with Crippen LogP contribution in [0, 0.1) is 0 Å². The van der Waals surface area contributed by atoms with Crippen molar-refractivity contribution in [1.29, 1.82) is 0 Å². The van der Waals surface area contributed by atoms with E-state index in [0.29, 0.717) is 11.1 Å². The molecule has 1 amide bonds. The third-order valence-corrected chi connectivity index (χ3v) is 2.01. The smallest absolute Gasteiger partial charge is 0.251 e. The van der Waals surface area contributed by atoms with Crippen molar-refractivity contribution in [1.82, 2.24) is 20.7 Å². The molecule has 15 heavy (non-hydrogen) atoms. The molecule has 0 saturated heterocycles. The first kappa shape index (κ1) is 9.64. The number of nitrogens with one attached hydrogen (secondary N) is 2. The number of fused-ring (bicyclic) bond motifs is 1. The van der Waals surface area contributed by atoms with Crippen LogP contribution in [0.25, 0.3) is 11.0 Å². The standard InChI is InChI=1S/C10H12N4O/c1-6(2)11-10(15)7-3-4-8-9(5-7)13-14-12-8/h3-6H,1-2H3,(H,11,15)(H,12,13,14). The maximum absolute atomic E-state index is 11.7. The van der Waals surface area contributed by atoms with Crippen molar-refractivity contribution >= 4 is 16.9 Å². The SMILES string of the molecule is CC(C)NC(=O)c1ccc2[nH]nnc2c1. The molecule has 0 aliphatic rings. The van der Waals surface area contributed by atoms with Gasteiger partial charge in [0.1, 0.15) is 5.52 Å². The molecule has 0 spiro atoms. The topological polar surface area (TPSA) is 70.7 Å². The summed E-state index contributed by atoms with van der Waals surface area (Å²) in [5, 5.41) is 13.1. The highest BCUT2D eigenvalue weighted by atomic mass is 16.1. The van der Waals surface area contributed by atoms with Crippen LogP contribution in [-0.4, -0.2) is 27.4 Å². The highest BCUT2D eigenvalue weighted by molar-refractivity contribution is 5.97. The van der Waals surface area contributed by atoms with Crippen molar-refractivity contribution in [2.45, 2.75) is 19.9 Å². The first-order valence-corrected chi connectivity index (χ1v) is 4.78. The van der Waals surface area contributed by atoms with Crippen LogP contribution in [0.3, 0.4) is 0 Å². The summed E-state index contributed by atoms with van der Waals surface area (Å²) in [6, 6.07) is 5.40. The molecular weight excluding hydrogens is 192 g/mol. The number of H-pyrrole nitrogens is 1. The fraction of sp³-hybridized carbons (Fsp3) is 0.300. The summed E-state index contributed by atoms with van der Waals surface area (Å²) >= 11 is 0. The number of hydrogen-bond acceptors (Lipinski definition) is 3. The first-order chi connectivity index (χ1) is 7.16. The average Bonchev–Trinajstić information content (AvgIpc) is 2.62. The fourth-order valence-corrected chi connectivity index (χ4v) is 1.33. The summed E-state index contributed by atoms with van der Waals surface area (Å²) in [4.78, 5) is 11.7. The van der Waals surface area contributed by atoms with Gasteiger partial charge in [-0.05, 0) is 32.0 Å². The van der Waals surface area contributed by atoms with Crippen LogP contribution in [0.1, 0.15) is 24.2 Å². The van der Waals surface area contributed by atoms with Gasteiger partial charge in [-0.3, -0.25) is 9.89 Å². The summed E-state index contributed by atoms with van der Waals surface area (Å²) in [6.45, 7) is 3.85. The van der Waals surface area contributed by atoms with Crippen molar-refractivity contribution in [2.24, 2.45) is 0 Å². The molecular formula is C10H12N4O. The molecule has 1 aromatic heterocycles. The molecule has 0 atom stereocenters. The molecule has 5 nitrogen and oxygen atoms in total. The molecule has 2 N–H and O–H groups in total. The van der Waals surface area contributed by atoms with E-state index in [-0.39, 0.29) is 11.9 Å². The maximum Gasteiger partial charge on any atom is 0.251 e. The first-order valence-electron chi connectivity index (χ1n) is 4.78. The molecule has 5 heteroatoms. The lowest BCUT2D eigenvalue weighted by molar-refractivity contribution is 0.0943. The Hall–Kier alpha value is -1.91. The Morgan fingerprint density at radius 1 is 1.47 bits per heavy atom. The van der Waals surface area contributed by atoms with Gasteiger partial charge in [0, 0.05) is 11.6 Å². The predicted molar refractivity (Wildman–Crippen MR) is 56.5 cm³/mol. The van der Waals surface area contributed by atoms with E-state index in [1.807, 2.05) is 13.8 Å². The predicted octanol–water partition coefficient (Wildman–Crippen LogP) is 1.10. The van der Waals surface area contributed by atoms with Crippen LogP contribution in [0.4, 0.5) is 0 Å². The Morgan fingerprint density at radius 2 is 2.27 bits per heavy atom. The molecule has 0 unspecified atom stereocenters. The lowest BCUT2D eigenvalue weighted by atomic mass is 10.2. The highest BCUT2D eigenvalue weighted by Gasteiger charge is 2.08. The quantitative estimate of drug-likeness (QED) is 0.769. The number of carbonyl (C=O) groups is 1. The zero-order valence-electron chi connectivity index (χ0n) is 8.61. The summed E-state index contributed by atoms with van der Waals surface area (Å²) in [5.41, 5.74) is 2.13. The van der Waals surface area contributed by atoms with Gasteiger partial charge in [0.05, 0.1) is 5.52 Å². The minimum absolute atomic E-state index is 0.0881. The van der Waals surface area contributed by atoms with Crippen LogP contribution in [0.2, 0.25) is 0 Å². The number of aromatic amines is 1. The molecule has 0 aliphatic heterocycles. The summed E-state index contributed by atoms with van der Waals surface area (Å²) < 4.78 is 0. The number of carbonyl (C=O) groups excluding carboxylic acids is 1. The Morgan fingerprint density at radius 3 is 3.00 bits per heavy atom. The Labute approximate surface area is 86.9 Å². The van der Waals surface area contributed by atoms with E-state index >= 15 is 0 Å². The van der Waals surface area contributed by atoms with Crippen LogP contribution in [-0.2, 0) is 0 Å². The molecule has 2 aromatic rings. The van der Waals surface area contributed by atoms with Gasteiger partial charge >= 0.3 is 0 Å². The molecule has 1 heterocycles. The van der Waals surface area contributed by atoms with Crippen molar-refractivity contribution in [3.63, 3.8) is 0 Å². The van der Waals surface area contributed by atoms with E-state index in [1.54, 1.807) is 18.2 Å². The van der Waals surface area contributed by atoms with Gasteiger partial charge in [-0.25, -0.2) is 0 Å². The van der Waals surface area contributed by atoms with Crippen LogP contribution in [0.15, 0.2) is 18.2 Å². The second-order valence-corrected chi connectivity index (χ2v) is 3.67. The molecule has 0 bridgehead atoms. The van der Waals surface area contributed by atoms with Crippen molar-refractivity contribution in [3.05, 3.63) is 23.8 Å². The van der Waals surface area contributed by atoms with Gasteiger partial charge in [-0.2, -0.15) is 0 Å². The second kappa shape index (κ2) is 3.68. The molecule has 0 radical (unpaired) electrons. The summed E-state index contributed by atoms with van der Waals surface area (Å²) in [7, 11) is 0. The van der Waals surface area contributed by atoms with Crippen LogP contribution < -0.4 is 5.32 Å². The number of hydrogen-bond donors (Lipinski definition) is 2. The van der Waals surface area contributed by atoms with Crippen LogP contribution in [0.5, 0.6) is 0 Å². The molecule has 78 valence electrons. The van der Waals surface area contributed by atoms with E-state index < -0.39 is 0 Å². The molecule has 2 rings (SSSR count). The molecule has 0 saturated carbocycles. The van der Waals surface area contributed by atoms with E-state index in [1.165, 1.54) is 0 Å². The number of benzene rings is 1. The molecule has 1 aromatic carbocycles.